The first-order valence-corrected chi connectivity index (χ1v) is 37.7. The molecule has 0 saturated carbocycles. The van der Waals surface area contributed by atoms with Gasteiger partial charge in [-0.15, -0.1) is 68.3 Å². The zero-order chi connectivity index (χ0) is 72.3. The van der Waals surface area contributed by atoms with E-state index < -0.39 is 5.43 Å². The molecule has 12 aromatic rings. The van der Waals surface area contributed by atoms with Crippen molar-refractivity contribution in [3.63, 3.8) is 0 Å². The molecule has 0 aliphatic heterocycles. The summed E-state index contributed by atoms with van der Waals surface area (Å²) in [6, 6.07) is 70.9. The second kappa shape index (κ2) is 52.5. The molecule has 3 unspecified atom stereocenters. The van der Waals surface area contributed by atoms with Crippen molar-refractivity contribution in [1.82, 2.24) is 25.3 Å². The van der Waals surface area contributed by atoms with Crippen LogP contribution in [0.4, 0.5) is 9.18 Å². The molecule has 7 aromatic carbocycles. The Kier molecular flexibility index (Phi) is 46.2. The van der Waals surface area contributed by atoms with Crippen molar-refractivity contribution in [3.05, 3.63) is 275 Å². The Hall–Kier alpha value is -6.44. The number of para-hydroxylation sites is 1. The Labute approximate surface area is 658 Å². The summed E-state index contributed by atoms with van der Waals surface area (Å²) in [5, 5.41) is 32.0. The summed E-state index contributed by atoms with van der Waals surface area (Å²) in [5.41, 5.74) is -0.814. The van der Waals surface area contributed by atoms with Gasteiger partial charge in [-0.1, -0.05) is 158 Å². The van der Waals surface area contributed by atoms with Gasteiger partial charge in [0.2, 0.25) is 0 Å². The van der Waals surface area contributed by atoms with Crippen molar-refractivity contribution in [2.75, 3.05) is 88.6 Å². The molecule has 5 aromatic heterocycles. The number of ketones is 2. The minimum absolute atomic E-state index is 0. The third-order valence-electron chi connectivity index (χ3n) is 14.2. The normalized spacial score (nSPS) is 11.1. The van der Waals surface area contributed by atoms with Gasteiger partial charge >= 0.3 is 35.0 Å². The number of aliphatic hydroxyl groups excluding tert-OH is 1. The molecule has 3 atom stereocenters. The van der Waals surface area contributed by atoms with Gasteiger partial charge in [-0.2, -0.15) is 0 Å². The zero-order valence-electron chi connectivity index (χ0n) is 60.8. The molecule has 0 spiro atoms. The first-order chi connectivity index (χ1) is 48.4. The minimum atomic E-state index is -0.814. The summed E-state index contributed by atoms with van der Waals surface area (Å²) in [6.07, 6.45) is 3.29. The Morgan fingerprint density at radius 3 is 1.30 bits per heavy atom. The van der Waals surface area contributed by atoms with E-state index in [0.29, 0.717) is 23.6 Å². The van der Waals surface area contributed by atoms with Crippen molar-refractivity contribution in [1.29, 1.82) is 0 Å². The van der Waals surface area contributed by atoms with Crippen LogP contribution in [-0.2, 0) is 0 Å². The number of nitrogens with zero attached hydrogens (tertiary/aromatic N) is 3. The number of benzene rings is 7. The Bertz CT molecular complexity index is 4120. The topological polar surface area (TPSA) is 133 Å². The third-order valence-corrected chi connectivity index (χ3v) is 19.4. The fraction of sp³-hybridized carbons (Fsp3) is 0.263. The van der Waals surface area contributed by atoms with Crippen LogP contribution in [0.5, 0.6) is 17.2 Å². The smallest absolute Gasteiger partial charge is 1.00 e. The standard InChI is InChI=1S/C19H21NOS.C18H19NOS.C10H7F.C9H15NOS.C9H13NOS.C7H5ClO2.C6H6OS.C2H6ClN.B.Na.H/c1-20(2)13-12-18(19-11-6-14-22-19)21-17-10-5-8-15-7-3-4-9-16(15)17;1-19-12-11-17(18-10-5-13-21-18)20-16-9-4-7-14-6-2-3-8-15(14)16;11-10-7-3-5-8-4-1-2-6-9(8)10;2*1-10(2)6-5-8(11)9-4-3-7-12-9;8-7(9)10-6-4-2-1-3-5-6;1-5(7)6-3-2-4-8-6;1-4-2-3;;;/h3-11,14,18H,12-13H2,1-2H3;2-10,13,17,19H,11-12H2,1H3;1-7H;3-4,7-8,11H,5-6H2,1-2H3;3-4,7H,5-6H2,1-2H3;1-5H;2-4H,1H3;4H,2H2,1H3;;;/q;;;;;;;;;+1;-1. The predicted molar refractivity (Wildman–Crippen MR) is 432 cm³/mol. The first-order valence-electron chi connectivity index (χ1n) is 32.4. The maximum Gasteiger partial charge on any atom is 1.00 e. The number of fused-ring (bicyclic) bond motifs is 3. The van der Waals surface area contributed by atoms with E-state index in [1.165, 1.54) is 60.0 Å². The Morgan fingerprint density at radius 1 is 0.490 bits per heavy atom. The number of aliphatic hydroxyl groups is 1. The molecule has 12 nitrogen and oxygen atoms in total. The van der Waals surface area contributed by atoms with Gasteiger partial charge in [-0.05, 0) is 180 Å². The molecule has 0 aliphatic carbocycles. The van der Waals surface area contributed by atoms with Gasteiger partial charge < -0.3 is 46.1 Å². The van der Waals surface area contributed by atoms with E-state index in [9.17, 15) is 23.9 Å². The molecule has 102 heavy (non-hydrogen) atoms. The number of rotatable bonds is 23. The fourth-order valence-corrected chi connectivity index (χ4v) is 12.9. The van der Waals surface area contributed by atoms with Crippen molar-refractivity contribution in [3.8, 4) is 17.2 Å². The number of carbonyl (C=O) groups is 3. The van der Waals surface area contributed by atoms with Crippen LogP contribution in [0.3, 0.4) is 0 Å². The summed E-state index contributed by atoms with van der Waals surface area (Å²) < 4.78 is 30.3. The molecule has 0 fully saturated rings. The molecule has 12 rings (SSSR count). The number of hydrogen-bond acceptors (Lipinski definition) is 17. The minimum Gasteiger partial charge on any atom is -1.00 e. The van der Waals surface area contributed by atoms with E-state index in [-0.39, 0.29) is 75.1 Å². The summed E-state index contributed by atoms with van der Waals surface area (Å²) in [7, 11) is 16.0. The first kappa shape index (κ1) is 89.8. The third kappa shape index (κ3) is 34.9. The number of carbonyl (C=O) groups excluding carboxylic acids is 3. The van der Waals surface area contributed by atoms with Gasteiger partial charge in [-0.25, -0.2) is 9.18 Å². The maximum absolute atomic E-state index is 13.0. The number of ether oxygens (including phenoxy) is 3. The van der Waals surface area contributed by atoms with Gasteiger partial charge in [0.05, 0.1) is 21.9 Å². The van der Waals surface area contributed by atoms with E-state index in [1.54, 1.807) is 84.4 Å². The molecule has 0 aliphatic rings. The molecule has 5 heterocycles. The molecule has 3 N–H and O–H groups in total. The van der Waals surface area contributed by atoms with Crippen LogP contribution in [0.2, 0.25) is 0 Å². The predicted octanol–water partition coefficient (Wildman–Crippen LogP) is 17.7. The van der Waals surface area contributed by atoms with E-state index in [4.69, 9.17) is 32.7 Å². The van der Waals surface area contributed by atoms with Crippen molar-refractivity contribution in [2.24, 2.45) is 0 Å². The molecular weight excluding hydrogens is 1430 g/mol. The van der Waals surface area contributed by atoms with E-state index in [0.717, 1.165) is 77.0 Å². The second-order valence-electron chi connectivity index (χ2n) is 22.9. The molecular formula is C80H93BCl2FN5NaO7S5. The molecule has 535 valence electrons. The van der Waals surface area contributed by atoms with Gasteiger partial charge in [0, 0.05) is 89.7 Å². The van der Waals surface area contributed by atoms with Gasteiger partial charge in [0.1, 0.15) is 35.3 Å². The summed E-state index contributed by atoms with van der Waals surface area (Å²) in [6.45, 7) is 5.28. The Balaban J connectivity index is 0.000000414. The van der Waals surface area contributed by atoms with E-state index in [1.807, 2.05) is 123 Å². The van der Waals surface area contributed by atoms with E-state index >= 15 is 0 Å². The Morgan fingerprint density at radius 2 is 0.892 bits per heavy atom. The van der Waals surface area contributed by atoms with Gasteiger partial charge in [-0.3, -0.25) is 9.59 Å². The zero-order valence-corrected chi connectivity index (χ0v) is 67.4. The van der Waals surface area contributed by atoms with Gasteiger partial charge in [0.25, 0.3) is 0 Å². The summed E-state index contributed by atoms with van der Waals surface area (Å²) in [5.74, 6) is 2.64. The van der Waals surface area contributed by atoms with Crippen molar-refractivity contribution in [2.45, 2.75) is 50.9 Å². The van der Waals surface area contributed by atoms with Crippen LogP contribution in [-0.4, -0.2) is 134 Å². The van der Waals surface area contributed by atoms with Crippen LogP contribution >= 0.6 is 79.9 Å². The average molecular weight is 1520 g/mol. The van der Waals surface area contributed by atoms with E-state index in [2.05, 4.69) is 159 Å². The molecule has 22 heteroatoms. The second-order valence-corrected chi connectivity index (χ2v) is 28.3. The van der Waals surface area contributed by atoms with Crippen molar-refractivity contribution < 1.29 is 69.1 Å². The van der Waals surface area contributed by atoms with Crippen LogP contribution in [0.15, 0.2) is 245 Å². The molecule has 0 amide bonds. The summed E-state index contributed by atoms with van der Waals surface area (Å²) in [4.78, 5) is 43.7. The van der Waals surface area contributed by atoms with Crippen LogP contribution in [0.25, 0.3) is 32.3 Å². The molecule has 0 bridgehead atoms. The summed E-state index contributed by atoms with van der Waals surface area (Å²) >= 11 is 18.2. The van der Waals surface area contributed by atoms with Crippen LogP contribution in [0, 0.1) is 5.82 Å². The monoisotopic (exact) mass is 1520 g/mol. The number of Topliss-reactive ketones (excluding diaryl/α,β-unsaturated/α-hetero) is 2. The van der Waals surface area contributed by atoms with Gasteiger partial charge in [0.15, 0.2) is 11.6 Å². The SMILES string of the molecule is CC(=O)c1cccs1.CN(C)CCC(=O)c1cccs1.CN(C)CCC(O)c1cccs1.CN(C)CCC(Oc1cccc2ccccc12)c1cccs1.CNCCC(Oc1cccc2ccccc12)c1cccs1.CNCCl.Fc1cccc2ccccc12.O=C(Cl)Oc1ccccc1.[B].[H-].[Na+]. The quantitative estimate of drug-likeness (QED) is 0.0185. The number of nitrogens with one attached hydrogen (secondary N) is 2. The number of halogens is 3. The number of hydrogen-bond donors (Lipinski definition) is 3. The maximum atomic E-state index is 13.0. The fourth-order valence-electron chi connectivity index (χ4n) is 9.16. The number of thiophene rings is 5. The largest absolute Gasteiger partial charge is 1.00 e. The molecule has 3 radical (unpaired) electrons. The molecule has 0 saturated heterocycles. The van der Waals surface area contributed by atoms with Crippen molar-refractivity contribution >= 4 is 138 Å². The van der Waals surface area contributed by atoms with Crippen LogP contribution < -0.4 is 54.4 Å². The van der Waals surface area contributed by atoms with Crippen LogP contribution in [0.1, 0.15) is 86.3 Å². The number of alkyl halides is 1. The average Bonchev–Trinajstić information content (AvgIpc) is 1.52.